The molecule has 1 atom stereocenters. The van der Waals surface area contributed by atoms with Gasteiger partial charge in [-0.2, -0.15) is 0 Å². The van der Waals surface area contributed by atoms with Crippen molar-refractivity contribution in [3.8, 4) is 23.0 Å². The number of ether oxygens (including phenoxy) is 4. The summed E-state index contributed by atoms with van der Waals surface area (Å²) in [7, 11) is 0. The second-order valence-electron chi connectivity index (χ2n) is 29.0. The van der Waals surface area contributed by atoms with Gasteiger partial charge in [-0.15, -0.1) is 0 Å². The Hall–Kier alpha value is -7.63. The van der Waals surface area contributed by atoms with Crippen LogP contribution >= 0.6 is 0 Å². The van der Waals surface area contributed by atoms with Crippen molar-refractivity contribution in [3.05, 3.63) is 201 Å². The lowest BCUT2D eigenvalue weighted by molar-refractivity contribution is -0.113. The van der Waals surface area contributed by atoms with Crippen molar-refractivity contribution in [3.63, 3.8) is 0 Å². The first-order valence-electron chi connectivity index (χ1n) is 41.1. The average Bonchev–Trinajstić information content (AvgIpc) is 1.63. The van der Waals surface area contributed by atoms with Gasteiger partial charge in [-0.25, -0.2) is 4.99 Å². The van der Waals surface area contributed by atoms with E-state index < -0.39 is 5.60 Å². The van der Waals surface area contributed by atoms with E-state index in [9.17, 15) is 14.7 Å². The van der Waals surface area contributed by atoms with Gasteiger partial charge < -0.3 is 39.0 Å². The maximum atomic E-state index is 14.4. The molecule has 0 saturated heterocycles. The predicted molar refractivity (Wildman–Crippen MR) is 428 cm³/mol. The van der Waals surface area contributed by atoms with E-state index in [4.69, 9.17) is 18.9 Å². The number of aliphatic hydroxyl groups is 1. The monoisotopic (exact) mass is 1400 g/mol. The number of aromatic nitrogens is 3. The summed E-state index contributed by atoms with van der Waals surface area (Å²) >= 11 is 0. The fourth-order valence-electron chi connectivity index (χ4n) is 14.2. The Morgan fingerprint density at radius 3 is 0.981 bits per heavy atom. The maximum absolute atomic E-state index is 14.4. The quantitative estimate of drug-likeness (QED) is 0.0219. The number of carbonyl (C=O) groups is 2. The number of hydrogen-bond donors (Lipinski definition) is 4. The molecule has 0 aliphatic carbocycles. The number of unbranched alkanes of at least 4 members (excludes halogenated alkanes) is 36. The molecule has 103 heavy (non-hydrogen) atoms. The number of allylic oxidation sites excluding steroid dienone is 1. The molecule has 0 saturated carbocycles. The molecule has 4 N–H and O–H groups in total. The third-order valence-electron chi connectivity index (χ3n) is 20.5. The third-order valence-corrected chi connectivity index (χ3v) is 20.5. The molecule has 11 nitrogen and oxygen atoms in total. The smallest absolute Gasteiger partial charge is 0.270 e. The number of carbonyl (C=O) groups excluding carboxylic acids is 2. The Morgan fingerprint density at radius 1 is 0.330 bits per heavy atom. The van der Waals surface area contributed by atoms with E-state index in [0.29, 0.717) is 60.3 Å². The Labute approximate surface area is 619 Å². The van der Waals surface area contributed by atoms with Crippen molar-refractivity contribution in [1.82, 2.24) is 15.0 Å². The number of amides is 1. The summed E-state index contributed by atoms with van der Waals surface area (Å²) in [5.41, 5.74) is 5.24. The second kappa shape index (κ2) is 47.7. The van der Waals surface area contributed by atoms with E-state index in [1.165, 1.54) is 212 Å². The lowest BCUT2D eigenvalue weighted by atomic mass is 9.87. The van der Waals surface area contributed by atoms with E-state index >= 15 is 0 Å². The molecular weight excluding hydrogens is 1270 g/mol. The maximum Gasteiger partial charge on any atom is 0.270 e. The van der Waals surface area contributed by atoms with Gasteiger partial charge in [-0.3, -0.25) is 9.59 Å². The van der Waals surface area contributed by atoms with Crippen LogP contribution in [0.3, 0.4) is 0 Å². The van der Waals surface area contributed by atoms with Crippen molar-refractivity contribution in [2.75, 3.05) is 26.4 Å². The van der Waals surface area contributed by atoms with Crippen LogP contribution < -0.4 is 29.6 Å². The van der Waals surface area contributed by atoms with Crippen molar-refractivity contribution in [2.45, 2.75) is 290 Å². The molecule has 0 fully saturated rings. The number of aromatic amines is 3. The van der Waals surface area contributed by atoms with E-state index in [1.54, 1.807) is 12.1 Å². The topological polar surface area (TPSA) is 151 Å². The van der Waals surface area contributed by atoms with Gasteiger partial charge in [0.2, 0.25) is 5.78 Å². The molecule has 1 amide bonds. The van der Waals surface area contributed by atoms with Crippen molar-refractivity contribution in [1.29, 1.82) is 0 Å². The molecule has 0 radical (unpaired) electrons. The van der Waals surface area contributed by atoms with Crippen LogP contribution in [0.5, 0.6) is 23.0 Å². The summed E-state index contributed by atoms with van der Waals surface area (Å²) in [6.07, 6.45) is 53.7. The van der Waals surface area contributed by atoms with E-state index in [-0.39, 0.29) is 11.7 Å². The summed E-state index contributed by atoms with van der Waals surface area (Å²) in [5, 5.41) is 15.3. The predicted octanol–water partition coefficient (Wildman–Crippen LogP) is 23.4. The first-order chi connectivity index (χ1) is 50.7. The lowest BCUT2D eigenvalue weighted by Gasteiger charge is -2.27. The van der Waals surface area contributed by atoms with E-state index in [0.717, 1.165) is 113 Å². The molecule has 1 aliphatic heterocycles. The largest absolute Gasteiger partial charge is 0.494 e. The zero-order valence-corrected chi connectivity index (χ0v) is 63.8. The van der Waals surface area contributed by atoms with Crippen LogP contribution in [0.25, 0.3) is 11.1 Å². The van der Waals surface area contributed by atoms with Gasteiger partial charge in [0.25, 0.3) is 5.91 Å². The molecule has 0 spiro atoms. The molecule has 8 rings (SSSR count). The molecule has 4 heterocycles. The normalized spacial score (nSPS) is 13.3. The number of aliphatic imine (C=N–C) groups is 1. The van der Waals surface area contributed by atoms with Gasteiger partial charge in [0.1, 0.15) is 23.0 Å². The van der Waals surface area contributed by atoms with Gasteiger partial charge in [0, 0.05) is 39.2 Å². The first-order valence-corrected chi connectivity index (χ1v) is 41.1. The zero-order chi connectivity index (χ0) is 72.2. The standard InChI is InChI=1S/C92H128N4O7/c1-5-9-13-17-21-25-29-33-37-41-69-100-77-53-45-73(46-54-77)89(81-61-62-82(93-81)90(84-65-68-88(97)96-84)74-47-55-78(56-48-74)101-70-42-38-34-30-26-22-18-14-10-6-2)83-63-66-86(94-83)92(99,76-51-59-80(60-52-76)103-72-44-40-36-32-28-24-20-16-12-8-4)87-67-64-85(95-87)91(98)75-49-57-79(58-50-75)102-71-43-39-35-31-27-23-19-15-11-7-3/h45-68,93-95,99H,5-44,69-72H2,1-4H3/b89-81-,90-82-. The highest BCUT2D eigenvalue weighted by molar-refractivity contribution is 6.34. The Kier molecular flexibility index (Phi) is 37.5. The average molecular weight is 1400 g/mol. The number of hydrogen-bond acceptors (Lipinski definition) is 7. The SMILES string of the molecule is CCCCCCCCCCCCOc1ccc(C(=O)c2ccc(C(O)(c3ccc(OCCCCCCCCCCCC)cc3)c3ccc(/C(c4ccc(OCCCCCCCCCCCC)cc4)=c4/cc/c(=C(/C5=NC(=O)C=C5)c5ccc(OCCCCCCCCCCCC)cc5)[nH]4)[nH]3)[nH]2)cc1. The summed E-state index contributed by atoms with van der Waals surface area (Å²) in [4.78, 5) is 42.8. The molecule has 558 valence electrons. The van der Waals surface area contributed by atoms with Crippen LogP contribution in [-0.4, -0.2) is 63.9 Å². The number of nitrogens with zero attached hydrogens (tertiary/aromatic N) is 1. The number of H-pyrrole nitrogens is 3. The highest BCUT2D eigenvalue weighted by atomic mass is 16.5. The summed E-state index contributed by atoms with van der Waals surface area (Å²) in [5.74, 6) is 2.57. The van der Waals surface area contributed by atoms with Gasteiger partial charge >= 0.3 is 0 Å². The van der Waals surface area contributed by atoms with Crippen LogP contribution in [0.2, 0.25) is 0 Å². The number of nitrogens with one attached hydrogen (secondary N) is 3. The summed E-state index contributed by atoms with van der Waals surface area (Å²) in [6, 6.07) is 43.0. The Balaban J connectivity index is 1.06. The molecule has 7 aromatic rings. The van der Waals surface area contributed by atoms with E-state index in [1.807, 2.05) is 109 Å². The lowest BCUT2D eigenvalue weighted by Crippen LogP contribution is -2.30. The van der Waals surface area contributed by atoms with Crippen molar-refractivity contribution in [2.24, 2.45) is 4.99 Å². The van der Waals surface area contributed by atoms with Gasteiger partial charge in [-0.1, -0.05) is 295 Å². The van der Waals surface area contributed by atoms with Crippen LogP contribution in [0.1, 0.15) is 334 Å². The van der Waals surface area contributed by atoms with Gasteiger partial charge in [0.05, 0.1) is 49.2 Å². The Morgan fingerprint density at radius 2 is 0.631 bits per heavy atom. The third kappa shape index (κ3) is 27.7. The van der Waals surface area contributed by atoms with E-state index in [2.05, 4.69) is 65.8 Å². The van der Waals surface area contributed by atoms with Crippen LogP contribution in [-0.2, 0) is 10.4 Å². The second-order valence-corrected chi connectivity index (χ2v) is 29.0. The fourth-order valence-corrected chi connectivity index (χ4v) is 14.2. The molecule has 1 aliphatic rings. The summed E-state index contributed by atoms with van der Waals surface area (Å²) < 4.78 is 25.1. The van der Waals surface area contributed by atoms with Crippen LogP contribution in [0.4, 0.5) is 0 Å². The van der Waals surface area contributed by atoms with Gasteiger partial charge in [0.15, 0.2) is 5.60 Å². The fraction of sp³-hybridized carbons (Fsp3) is 0.533. The first kappa shape index (κ1) is 81.0. The van der Waals surface area contributed by atoms with Gasteiger partial charge in [-0.05, 0) is 146 Å². The van der Waals surface area contributed by atoms with Crippen molar-refractivity contribution < 1.29 is 33.6 Å². The highest BCUT2D eigenvalue weighted by Gasteiger charge is 2.38. The minimum Gasteiger partial charge on any atom is -0.494 e. The molecular formula is C92H128N4O7. The van der Waals surface area contributed by atoms with Crippen molar-refractivity contribution >= 4 is 28.5 Å². The highest BCUT2D eigenvalue weighted by Crippen LogP contribution is 2.38. The molecule has 3 aromatic heterocycles. The number of ketones is 1. The zero-order valence-electron chi connectivity index (χ0n) is 63.8. The summed E-state index contributed by atoms with van der Waals surface area (Å²) in [6.45, 7) is 11.6. The Bertz CT molecular complexity index is 3660. The number of rotatable bonds is 57. The van der Waals surface area contributed by atoms with Crippen LogP contribution in [0.15, 0.2) is 151 Å². The molecule has 4 aromatic carbocycles. The molecule has 11 heteroatoms. The minimum atomic E-state index is -1.81. The van der Waals surface area contributed by atoms with Crippen LogP contribution in [0, 0.1) is 0 Å². The minimum absolute atomic E-state index is 0.199. The number of benzene rings is 4. The molecule has 1 unspecified atom stereocenters. The molecule has 0 bridgehead atoms.